The number of hydrogen-bond donors (Lipinski definition) is 3. The van der Waals surface area contributed by atoms with Crippen LogP contribution in [-0.4, -0.2) is 29.7 Å². The van der Waals surface area contributed by atoms with Gasteiger partial charge in [0.15, 0.2) is 6.79 Å². The summed E-state index contributed by atoms with van der Waals surface area (Å²) in [5.41, 5.74) is 5.14. The number of ether oxygens (including phenoxy) is 1. The second-order valence-electron chi connectivity index (χ2n) is 1.38. The summed E-state index contributed by atoms with van der Waals surface area (Å²) in [5.74, 6) is -0.411. The number of esters is 1. The van der Waals surface area contributed by atoms with E-state index in [4.69, 9.17) is 10.8 Å². The molecule has 54 valence electrons. The van der Waals surface area contributed by atoms with Gasteiger partial charge in [-0.15, -0.1) is 0 Å². The molecule has 0 rings (SSSR count). The Balaban J connectivity index is 3.46. The predicted octanol–water partition coefficient (Wildman–Crippen LogP) is -1.26. The van der Waals surface area contributed by atoms with Crippen molar-refractivity contribution in [1.82, 2.24) is 0 Å². The van der Waals surface area contributed by atoms with Gasteiger partial charge in [-0.1, -0.05) is 0 Å². The Bertz CT molecular complexity index is 97.8. The zero-order valence-corrected chi connectivity index (χ0v) is 5.67. The van der Waals surface area contributed by atoms with Crippen LogP contribution >= 0.6 is 12.6 Å². The van der Waals surface area contributed by atoms with Crippen LogP contribution in [0.3, 0.4) is 0 Å². The monoisotopic (exact) mass is 151 g/mol. The Morgan fingerprint density at radius 3 is 2.78 bits per heavy atom. The van der Waals surface area contributed by atoms with E-state index in [0.717, 1.165) is 0 Å². The molecule has 0 aromatic heterocycles. The lowest BCUT2D eigenvalue weighted by Gasteiger charge is -2.04. The first-order valence-electron chi connectivity index (χ1n) is 2.36. The third-order valence-electron chi connectivity index (χ3n) is 0.706. The van der Waals surface area contributed by atoms with E-state index < -0.39 is 18.8 Å². The van der Waals surface area contributed by atoms with E-state index in [2.05, 4.69) is 17.4 Å². The van der Waals surface area contributed by atoms with Crippen LogP contribution in [0.5, 0.6) is 0 Å². The standard InChI is InChI=1S/C4H9NO3S/c5-3(1-9)4(7)8-2-6/h3,6,9H,1-2,5H2/t3-/m0/s1. The molecule has 0 spiro atoms. The summed E-state index contributed by atoms with van der Waals surface area (Å²) >= 11 is 3.74. The molecule has 0 saturated carbocycles. The van der Waals surface area contributed by atoms with E-state index >= 15 is 0 Å². The second-order valence-corrected chi connectivity index (χ2v) is 1.75. The van der Waals surface area contributed by atoms with Crippen molar-refractivity contribution in [2.45, 2.75) is 6.04 Å². The topological polar surface area (TPSA) is 72.6 Å². The third-order valence-corrected chi connectivity index (χ3v) is 1.10. The number of carbonyl (C=O) groups excluding carboxylic acids is 1. The van der Waals surface area contributed by atoms with Crippen molar-refractivity contribution in [3.63, 3.8) is 0 Å². The maximum atomic E-state index is 10.4. The maximum absolute atomic E-state index is 10.4. The lowest BCUT2D eigenvalue weighted by molar-refractivity contribution is -0.152. The van der Waals surface area contributed by atoms with Crippen LogP contribution in [0.15, 0.2) is 0 Å². The van der Waals surface area contributed by atoms with Gasteiger partial charge < -0.3 is 15.6 Å². The molecule has 0 fully saturated rings. The molecule has 0 aromatic rings. The Hall–Kier alpha value is -0.260. The van der Waals surface area contributed by atoms with E-state index in [1.165, 1.54) is 0 Å². The molecule has 0 heterocycles. The molecule has 1 atom stereocenters. The van der Waals surface area contributed by atoms with Gasteiger partial charge in [-0.05, 0) is 0 Å². The molecular formula is C4H9NO3S. The van der Waals surface area contributed by atoms with Crippen LogP contribution in [0, 0.1) is 0 Å². The summed E-state index contributed by atoms with van der Waals surface area (Å²) in [6.07, 6.45) is 0. The van der Waals surface area contributed by atoms with Gasteiger partial charge in [0, 0.05) is 5.75 Å². The van der Waals surface area contributed by atoms with Gasteiger partial charge >= 0.3 is 5.97 Å². The summed E-state index contributed by atoms with van der Waals surface area (Å²) in [5, 5.41) is 8.06. The Morgan fingerprint density at radius 2 is 2.44 bits per heavy atom. The molecule has 0 unspecified atom stereocenters. The highest BCUT2D eigenvalue weighted by molar-refractivity contribution is 7.80. The molecule has 5 heteroatoms. The highest BCUT2D eigenvalue weighted by atomic mass is 32.1. The molecule has 0 saturated heterocycles. The largest absolute Gasteiger partial charge is 0.438 e. The van der Waals surface area contributed by atoms with Crippen LogP contribution < -0.4 is 5.73 Å². The molecule has 0 aliphatic carbocycles. The first-order chi connectivity index (χ1) is 4.22. The minimum atomic E-state index is -0.736. The lowest BCUT2D eigenvalue weighted by atomic mass is 10.4. The average Bonchev–Trinajstić information content (AvgIpc) is 1.87. The minimum Gasteiger partial charge on any atom is -0.438 e. The van der Waals surface area contributed by atoms with Gasteiger partial charge in [0.1, 0.15) is 6.04 Å². The highest BCUT2D eigenvalue weighted by Gasteiger charge is 2.11. The molecule has 9 heavy (non-hydrogen) atoms. The van der Waals surface area contributed by atoms with Gasteiger partial charge in [0.2, 0.25) is 0 Å². The molecule has 4 nitrogen and oxygen atoms in total. The maximum Gasteiger partial charge on any atom is 0.325 e. The fraction of sp³-hybridized carbons (Fsp3) is 0.750. The van der Waals surface area contributed by atoms with Gasteiger partial charge in [-0.2, -0.15) is 12.6 Å². The summed E-state index contributed by atoms with van der Waals surface area (Å²) in [4.78, 5) is 10.4. The van der Waals surface area contributed by atoms with Crippen LogP contribution in [0.4, 0.5) is 0 Å². The van der Waals surface area contributed by atoms with Crippen LogP contribution in [0.25, 0.3) is 0 Å². The summed E-state index contributed by atoms with van der Waals surface area (Å²) in [7, 11) is 0. The Morgan fingerprint density at radius 1 is 1.89 bits per heavy atom. The summed E-state index contributed by atoms with van der Waals surface area (Å²) in [6.45, 7) is -0.625. The number of aliphatic hydroxyl groups excluding tert-OH is 1. The zero-order valence-electron chi connectivity index (χ0n) is 4.78. The number of nitrogens with two attached hydrogens (primary N) is 1. The molecule has 0 aliphatic heterocycles. The van der Waals surface area contributed by atoms with Crippen LogP contribution in [0.1, 0.15) is 0 Å². The van der Waals surface area contributed by atoms with Crippen molar-refractivity contribution in [3.8, 4) is 0 Å². The van der Waals surface area contributed by atoms with E-state index in [9.17, 15) is 4.79 Å². The smallest absolute Gasteiger partial charge is 0.325 e. The first-order valence-corrected chi connectivity index (χ1v) is 2.99. The summed E-state index contributed by atoms with van der Waals surface area (Å²) in [6, 6.07) is -0.736. The third kappa shape index (κ3) is 3.34. The first kappa shape index (κ1) is 8.74. The Labute approximate surface area is 58.4 Å². The fourth-order valence-electron chi connectivity index (χ4n) is 0.245. The number of thiol groups is 1. The number of carbonyl (C=O) groups is 1. The number of hydrogen-bond acceptors (Lipinski definition) is 5. The summed E-state index contributed by atoms with van der Waals surface area (Å²) < 4.78 is 4.14. The van der Waals surface area contributed by atoms with Crippen molar-refractivity contribution in [2.75, 3.05) is 12.5 Å². The van der Waals surface area contributed by atoms with Crippen molar-refractivity contribution in [1.29, 1.82) is 0 Å². The van der Waals surface area contributed by atoms with E-state index in [0.29, 0.717) is 0 Å². The van der Waals surface area contributed by atoms with Gasteiger partial charge in [-0.3, -0.25) is 4.79 Å². The lowest BCUT2D eigenvalue weighted by Crippen LogP contribution is -2.34. The fourth-order valence-corrected chi connectivity index (χ4v) is 0.394. The van der Waals surface area contributed by atoms with E-state index in [-0.39, 0.29) is 5.75 Å². The zero-order chi connectivity index (χ0) is 7.28. The van der Waals surface area contributed by atoms with Crippen molar-refractivity contribution >= 4 is 18.6 Å². The second kappa shape index (κ2) is 4.60. The molecule has 0 bridgehead atoms. The Kier molecular flexibility index (Phi) is 4.47. The van der Waals surface area contributed by atoms with Gasteiger partial charge in [0.25, 0.3) is 0 Å². The van der Waals surface area contributed by atoms with Crippen molar-refractivity contribution < 1.29 is 14.6 Å². The van der Waals surface area contributed by atoms with Gasteiger partial charge in [0.05, 0.1) is 0 Å². The van der Waals surface area contributed by atoms with Crippen LogP contribution in [0.2, 0.25) is 0 Å². The van der Waals surface area contributed by atoms with E-state index in [1.54, 1.807) is 0 Å². The van der Waals surface area contributed by atoms with E-state index in [1.807, 2.05) is 0 Å². The molecule has 0 aromatic carbocycles. The number of aliphatic hydroxyl groups is 1. The SMILES string of the molecule is N[C@@H](CS)C(=O)OCO. The normalized spacial score (nSPS) is 12.8. The number of rotatable bonds is 3. The molecule has 3 N–H and O–H groups in total. The average molecular weight is 151 g/mol. The van der Waals surface area contributed by atoms with Crippen LogP contribution in [-0.2, 0) is 9.53 Å². The molecular weight excluding hydrogens is 142 g/mol. The predicted molar refractivity (Wildman–Crippen MR) is 35.0 cm³/mol. The van der Waals surface area contributed by atoms with Crippen molar-refractivity contribution in [3.05, 3.63) is 0 Å². The highest BCUT2D eigenvalue weighted by Crippen LogP contribution is 1.86. The van der Waals surface area contributed by atoms with Gasteiger partial charge in [-0.25, -0.2) is 0 Å². The molecule has 0 aliphatic rings. The molecule has 0 radical (unpaired) electrons. The van der Waals surface area contributed by atoms with Crippen molar-refractivity contribution in [2.24, 2.45) is 5.73 Å². The quantitative estimate of drug-likeness (QED) is 0.267. The molecule has 0 amide bonds. The minimum absolute atomic E-state index is 0.221.